The number of benzene rings is 1. The number of rotatable bonds is 7. The molecule has 204 valence electrons. The van der Waals surface area contributed by atoms with E-state index in [2.05, 4.69) is 15.4 Å². The van der Waals surface area contributed by atoms with Gasteiger partial charge in [-0.2, -0.15) is 22.7 Å². The highest BCUT2D eigenvalue weighted by Crippen LogP contribution is 2.41. The van der Waals surface area contributed by atoms with Crippen LogP contribution in [0.4, 0.5) is 22.0 Å². The van der Waals surface area contributed by atoms with Gasteiger partial charge in [-0.3, -0.25) is 14.6 Å². The standard InChI is InChI=1S/C24H26F5N7O2/c25-15-10-18(35(11-15)19(37)12-36(31)23(34-30)24(27,28)29)22(38)33-20(14-4-2-1-3-5-14)17-9-8-16(13-6-7-13)21(26)32-17/h1-5,8-9,13,15,18,20H,6-7,10-12,30-31H2,(H,33,38)/b34-23-/t15-,18+,20+/m1/s1. The van der Waals surface area contributed by atoms with Crippen molar-refractivity contribution < 1.29 is 31.5 Å². The number of hydrogen-bond donors (Lipinski definition) is 3. The molecule has 38 heavy (non-hydrogen) atoms. The summed E-state index contributed by atoms with van der Waals surface area (Å²) in [5.74, 6) is 6.03. The molecule has 1 saturated heterocycles. The van der Waals surface area contributed by atoms with Crippen molar-refractivity contribution in [3.8, 4) is 0 Å². The fourth-order valence-electron chi connectivity index (χ4n) is 4.46. The molecule has 0 spiro atoms. The number of nitrogens with zero attached hydrogens (tertiary/aromatic N) is 4. The molecule has 4 rings (SSSR count). The third kappa shape index (κ3) is 6.01. The van der Waals surface area contributed by atoms with Crippen molar-refractivity contribution in [1.82, 2.24) is 20.2 Å². The van der Waals surface area contributed by atoms with Gasteiger partial charge in [0, 0.05) is 12.0 Å². The second kappa shape index (κ2) is 10.9. The van der Waals surface area contributed by atoms with Gasteiger partial charge in [-0.15, -0.1) is 0 Å². The van der Waals surface area contributed by atoms with E-state index in [-0.39, 0.29) is 23.0 Å². The summed E-state index contributed by atoms with van der Waals surface area (Å²) in [4.78, 5) is 31.0. The van der Waals surface area contributed by atoms with Crippen LogP contribution in [-0.2, 0) is 9.59 Å². The Bertz CT molecular complexity index is 1210. The number of nitrogens with one attached hydrogen (secondary N) is 1. The summed E-state index contributed by atoms with van der Waals surface area (Å²) in [6, 6.07) is 9.47. The zero-order chi connectivity index (χ0) is 27.6. The highest BCUT2D eigenvalue weighted by Gasteiger charge is 2.44. The molecular formula is C24H26F5N7O2. The number of carbonyl (C=O) groups is 2. The highest BCUT2D eigenvalue weighted by molar-refractivity contribution is 5.93. The lowest BCUT2D eigenvalue weighted by atomic mass is 10.0. The Balaban J connectivity index is 1.54. The number of amidine groups is 1. The first-order chi connectivity index (χ1) is 18.0. The molecule has 2 heterocycles. The number of halogens is 5. The van der Waals surface area contributed by atoms with E-state index in [1.807, 2.05) is 0 Å². The molecule has 5 N–H and O–H groups in total. The van der Waals surface area contributed by atoms with Gasteiger partial charge < -0.3 is 16.1 Å². The predicted molar refractivity (Wildman–Crippen MR) is 126 cm³/mol. The summed E-state index contributed by atoms with van der Waals surface area (Å²) in [6.45, 7) is -1.58. The first-order valence-corrected chi connectivity index (χ1v) is 11.8. The van der Waals surface area contributed by atoms with Gasteiger partial charge in [0.15, 0.2) is 0 Å². The van der Waals surface area contributed by atoms with Crippen LogP contribution in [0.5, 0.6) is 0 Å². The van der Waals surface area contributed by atoms with Crippen LogP contribution < -0.4 is 17.0 Å². The molecule has 0 radical (unpaired) electrons. The average molecular weight is 540 g/mol. The van der Waals surface area contributed by atoms with Crippen LogP contribution >= 0.6 is 0 Å². The van der Waals surface area contributed by atoms with Gasteiger partial charge in [0.25, 0.3) is 0 Å². The third-order valence-corrected chi connectivity index (χ3v) is 6.46. The molecular weight excluding hydrogens is 513 g/mol. The number of hydrogen-bond acceptors (Lipinski definition) is 6. The van der Waals surface area contributed by atoms with Crippen LogP contribution in [0.2, 0.25) is 0 Å². The number of alkyl halides is 4. The molecule has 9 nitrogen and oxygen atoms in total. The zero-order valence-electron chi connectivity index (χ0n) is 20.0. The Kier molecular flexibility index (Phi) is 7.81. The fraction of sp³-hybridized carbons (Fsp3) is 0.417. The molecule has 3 atom stereocenters. The Morgan fingerprint density at radius 2 is 1.87 bits per heavy atom. The number of hydrazone groups is 1. The lowest BCUT2D eigenvalue weighted by molar-refractivity contribution is -0.139. The first-order valence-electron chi connectivity index (χ1n) is 11.8. The van der Waals surface area contributed by atoms with E-state index in [4.69, 9.17) is 11.7 Å². The molecule has 2 aliphatic rings. The van der Waals surface area contributed by atoms with Crippen LogP contribution in [0.25, 0.3) is 0 Å². The van der Waals surface area contributed by atoms with Crippen LogP contribution in [-0.4, -0.2) is 64.0 Å². The van der Waals surface area contributed by atoms with Gasteiger partial charge in [0.05, 0.1) is 18.3 Å². The summed E-state index contributed by atoms with van der Waals surface area (Å²) in [6.07, 6.45) is -5.28. The van der Waals surface area contributed by atoms with E-state index < -0.39 is 61.1 Å². The van der Waals surface area contributed by atoms with Crippen molar-refractivity contribution >= 4 is 17.6 Å². The molecule has 2 amide bonds. The van der Waals surface area contributed by atoms with E-state index in [0.29, 0.717) is 11.1 Å². The smallest absolute Gasteiger partial charge is 0.342 e. The monoisotopic (exact) mass is 539 g/mol. The molecule has 1 aromatic carbocycles. The van der Waals surface area contributed by atoms with Crippen molar-refractivity contribution in [3.05, 3.63) is 65.2 Å². The summed E-state index contributed by atoms with van der Waals surface area (Å²) in [7, 11) is 0. The lowest BCUT2D eigenvalue weighted by Crippen LogP contribution is -2.54. The predicted octanol–water partition coefficient (Wildman–Crippen LogP) is 2.25. The SMILES string of the molecule is N/N=C(\N(N)CC(=O)N1C[C@H](F)C[C@H]1C(=O)N[C@@H](c1ccccc1)c1ccc(C2CC2)c(F)n1)C(F)(F)F. The number of pyridine rings is 1. The van der Waals surface area contributed by atoms with Crippen molar-refractivity contribution in [2.24, 2.45) is 16.8 Å². The van der Waals surface area contributed by atoms with Gasteiger partial charge in [-0.25, -0.2) is 15.2 Å². The fourth-order valence-corrected chi connectivity index (χ4v) is 4.46. The minimum Gasteiger partial charge on any atom is -0.342 e. The maximum Gasteiger partial charge on any atom is 0.452 e. The van der Waals surface area contributed by atoms with Gasteiger partial charge in [0.2, 0.25) is 23.6 Å². The first kappa shape index (κ1) is 27.2. The van der Waals surface area contributed by atoms with Crippen LogP contribution in [0, 0.1) is 5.95 Å². The Hall–Kier alpha value is -3.81. The zero-order valence-corrected chi connectivity index (χ0v) is 20.0. The van der Waals surface area contributed by atoms with Crippen LogP contribution in [0.3, 0.4) is 0 Å². The third-order valence-electron chi connectivity index (χ3n) is 6.46. The van der Waals surface area contributed by atoms with Crippen molar-refractivity contribution in [1.29, 1.82) is 0 Å². The maximum absolute atomic E-state index is 14.7. The molecule has 0 bridgehead atoms. The van der Waals surface area contributed by atoms with Crippen LogP contribution in [0.15, 0.2) is 47.6 Å². The molecule has 1 aromatic heterocycles. The van der Waals surface area contributed by atoms with E-state index in [9.17, 15) is 31.5 Å². The molecule has 1 aliphatic carbocycles. The Morgan fingerprint density at radius 1 is 1.18 bits per heavy atom. The van der Waals surface area contributed by atoms with Gasteiger partial charge >= 0.3 is 6.18 Å². The van der Waals surface area contributed by atoms with Crippen molar-refractivity contribution in [2.75, 3.05) is 13.1 Å². The number of aromatic nitrogens is 1. The summed E-state index contributed by atoms with van der Waals surface area (Å²) in [5, 5.41) is 5.27. The number of amides is 2. The summed E-state index contributed by atoms with van der Waals surface area (Å²) in [5.41, 5.74) is 1.24. The normalized spacial score (nSPS) is 20.8. The Labute approximate surface area is 214 Å². The number of hydrazine groups is 1. The average Bonchev–Trinajstić information content (AvgIpc) is 3.62. The van der Waals surface area contributed by atoms with Gasteiger partial charge in [0.1, 0.15) is 18.8 Å². The summed E-state index contributed by atoms with van der Waals surface area (Å²) >= 11 is 0. The maximum atomic E-state index is 14.7. The largest absolute Gasteiger partial charge is 0.452 e. The Morgan fingerprint density at radius 3 is 2.45 bits per heavy atom. The van der Waals surface area contributed by atoms with E-state index >= 15 is 0 Å². The van der Waals surface area contributed by atoms with Crippen molar-refractivity contribution in [2.45, 2.75) is 49.6 Å². The molecule has 0 unspecified atom stereocenters. The second-order valence-corrected chi connectivity index (χ2v) is 9.22. The van der Waals surface area contributed by atoms with Crippen LogP contribution in [0.1, 0.15) is 48.0 Å². The van der Waals surface area contributed by atoms with Crippen molar-refractivity contribution in [3.63, 3.8) is 0 Å². The summed E-state index contributed by atoms with van der Waals surface area (Å²) < 4.78 is 68.1. The number of nitrogens with two attached hydrogens (primary N) is 2. The van der Waals surface area contributed by atoms with Gasteiger partial charge in [-0.1, -0.05) is 36.4 Å². The molecule has 2 aromatic rings. The molecule has 1 aliphatic heterocycles. The highest BCUT2D eigenvalue weighted by atomic mass is 19.4. The van der Waals surface area contributed by atoms with E-state index in [0.717, 1.165) is 17.7 Å². The molecule has 1 saturated carbocycles. The number of carbonyl (C=O) groups excluding carboxylic acids is 2. The van der Waals surface area contributed by atoms with E-state index in [1.54, 1.807) is 42.5 Å². The second-order valence-electron chi connectivity index (χ2n) is 9.22. The lowest BCUT2D eigenvalue weighted by Gasteiger charge is -2.28. The minimum atomic E-state index is -5.03. The molecule has 2 fully saturated rings. The van der Waals surface area contributed by atoms with E-state index in [1.165, 1.54) is 0 Å². The topological polar surface area (TPSA) is 130 Å². The quantitative estimate of drug-likeness (QED) is 0.124. The minimum absolute atomic E-state index is 0.0102. The molecule has 14 heteroatoms. The van der Waals surface area contributed by atoms with Gasteiger partial charge in [-0.05, 0) is 30.4 Å². The number of likely N-dealkylation sites (tertiary alicyclic amines) is 1.